The zero-order valence-corrected chi connectivity index (χ0v) is 21.5. The molecule has 7 heteroatoms. The van der Waals surface area contributed by atoms with E-state index in [1.165, 1.54) is 5.56 Å². The molecule has 0 bridgehead atoms. The van der Waals surface area contributed by atoms with Crippen LogP contribution in [0.4, 0.5) is 0 Å². The van der Waals surface area contributed by atoms with E-state index in [1.807, 2.05) is 51.1 Å². The van der Waals surface area contributed by atoms with Gasteiger partial charge in [-0.15, -0.1) is 0 Å². The highest BCUT2D eigenvalue weighted by Gasteiger charge is 2.29. The minimum Gasteiger partial charge on any atom is -0.483 e. The molecule has 0 aliphatic heterocycles. The van der Waals surface area contributed by atoms with E-state index < -0.39 is 6.04 Å². The largest absolute Gasteiger partial charge is 0.483 e. The normalized spacial score (nSPS) is 11.8. The number of benzene rings is 2. The van der Waals surface area contributed by atoms with Gasteiger partial charge in [0, 0.05) is 18.1 Å². The van der Waals surface area contributed by atoms with E-state index in [0.29, 0.717) is 36.2 Å². The molecule has 2 amide bonds. The first kappa shape index (κ1) is 26.2. The van der Waals surface area contributed by atoms with Crippen molar-refractivity contribution in [3.63, 3.8) is 0 Å². The molecule has 0 spiro atoms. The lowest BCUT2D eigenvalue weighted by Gasteiger charge is -2.31. The zero-order valence-electron chi connectivity index (χ0n) is 19.2. The van der Waals surface area contributed by atoms with Crippen LogP contribution in [0.15, 0.2) is 46.9 Å². The monoisotopic (exact) mass is 522 g/mol. The lowest BCUT2D eigenvalue weighted by Crippen LogP contribution is -2.50. The number of halogens is 2. The van der Waals surface area contributed by atoms with Crippen LogP contribution in [-0.4, -0.2) is 35.9 Å². The van der Waals surface area contributed by atoms with Gasteiger partial charge in [-0.1, -0.05) is 57.5 Å². The van der Waals surface area contributed by atoms with Crippen LogP contribution in [0.3, 0.4) is 0 Å². The van der Waals surface area contributed by atoms with E-state index in [-0.39, 0.29) is 18.4 Å². The lowest BCUT2D eigenvalue weighted by molar-refractivity contribution is -0.143. The van der Waals surface area contributed by atoms with E-state index >= 15 is 0 Å². The summed E-state index contributed by atoms with van der Waals surface area (Å²) < 4.78 is 6.62. The summed E-state index contributed by atoms with van der Waals surface area (Å²) in [5.74, 6) is 0.512. The van der Waals surface area contributed by atoms with Gasteiger partial charge in [-0.2, -0.15) is 0 Å². The van der Waals surface area contributed by atoms with E-state index in [1.54, 1.807) is 17.0 Å². The van der Waals surface area contributed by atoms with Gasteiger partial charge in [-0.05, 0) is 70.1 Å². The molecule has 0 fully saturated rings. The van der Waals surface area contributed by atoms with Crippen LogP contribution in [0, 0.1) is 5.92 Å². The number of carbonyl (C=O) groups excluding carboxylic acids is 2. The second kappa shape index (κ2) is 12.9. The van der Waals surface area contributed by atoms with Gasteiger partial charge >= 0.3 is 0 Å². The van der Waals surface area contributed by atoms with Crippen LogP contribution in [0.1, 0.15) is 45.2 Å². The number of nitrogens with one attached hydrogen (secondary N) is 1. The number of carbonyl (C=O) groups is 2. The van der Waals surface area contributed by atoms with Crippen LogP contribution in [0.2, 0.25) is 5.02 Å². The van der Waals surface area contributed by atoms with Crippen molar-refractivity contribution in [2.24, 2.45) is 5.92 Å². The average molecular weight is 524 g/mol. The van der Waals surface area contributed by atoms with Crippen molar-refractivity contribution in [3.8, 4) is 5.75 Å². The van der Waals surface area contributed by atoms with Gasteiger partial charge in [0.15, 0.2) is 6.61 Å². The highest BCUT2D eigenvalue weighted by molar-refractivity contribution is 9.10. The van der Waals surface area contributed by atoms with Crippen molar-refractivity contribution < 1.29 is 14.3 Å². The van der Waals surface area contributed by atoms with Gasteiger partial charge in [-0.25, -0.2) is 0 Å². The molecule has 1 N–H and O–H groups in total. The summed E-state index contributed by atoms with van der Waals surface area (Å²) in [6.07, 6.45) is 1.41. The van der Waals surface area contributed by atoms with E-state index in [2.05, 4.69) is 28.2 Å². The minimum absolute atomic E-state index is 0.156. The van der Waals surface area contributed by atoms with Gasteiger partial charge in [-0.3, -0.25) is 9.59 Å². The number of rotatable bonds is 11. The molecule has 5 nitrogen and oxygen atoms in total. The van der Waals surface area contributed by atoms with Crippen molar-refractivity contribution in [1.82, 2.24) is 10.2 Å². The molecule has 2 aromatic rings. The van der Waals surface area contributed by atoms with Crippen molar-refractivity contribution >= 4 is 39.3 Å². The van der Waals surface area contributed by atoms with Gasteiger partial charge in [0.2, 0.25) is 5.91 Å². The second-order valence-corrected chi connectivity index (χ2v) is 9.41. The summed E-state index contributed by atoms with van der Waals surface area (Å²) in [5, 5.41) is 3.58. The van der Waals surface area contributed by atoms with Crippen molar-refractivity contribution in [1.29, 1.82) is 0 Å². The molecule has 1 atom stereocenters. The highest BCUT2D eigenvalue weighted by Crippen LogP contribution is 2.26. The molecule has 174 valence electrons. The Labute approximate surface area is 204 Å². The predicted molar refractivity (Wildman–Crippen MR) is 133 cm³/mol. The Morgan fingerprint density at radius 1 is 1.09 bits per heavy atom. The summed E-state index contributed by atoms with van der Waals surface area (Å²) in [5.41, 5.74) is 2.07. The molecule has 0 unspecified atom stereocenters. The Bertz CT molecular complexity index is 903. The summed E-state index contributed by atoms with van der Waals surface area (Å²) in [4.78, 5) is 27.7. The number of aryl methyl sites for hydroxylation is 1. The summed E-state index contributed by atoms with van der Waals surface area (Å²) >= 11 is 9.52. The van der Waals surface area contributed by atoms with Gasteiger partial charge in [0.1, 0.15) is 11.8 Å². The fourth-order valence-corrected chi connectivity index (χ4v) is 3.90. The van der Waals surface area contributed by atoms with Crippen LogP contribution in [0.25, 0.3) is 0 Å². The molecule has 2 rings (SSSR count). The fourth-order valence-electron chi connectivity index (χ4n) is 3.23. The van der Waals surface area contributed by atoms with Crippen molar-refractivity contribution in [3.05, 3.63) is 63.1 Å². The smallest absolute Gasteiger partial charge is 0.261 e. The number of hydrogen-bond acceptors (Lipinski definition) is 3. The highest BCUT2D eigenvalue weighted by atomic mass is 79.9. The Morgan fingerprint density at radius 2 is 1.75 bits per heavy atom. The quantitative estimate of drug-likeness (QED) is 0.416. The summed E-state index contributed by atoms with van der Waals surface area (Å²) in [7, 11) is 0. The maximum absolute atomic E-state index is 13.2. The maximum atomic E-state index is 13.2. The maximum Gasteiger partial charge on any atom is 0.261 e. The van der Waals surface area contributed by atoms with Crippen molar-refractivity contribution in [2.45, 2.75) is 53.1 Å². The second-order valence-electron chi connectivity index (χ2n) is 8.12. The first-order valence-corrected chi connectivity index (χ1v) is 12.1. The number of ether oxygens (including phenoxy) is 1. The Balaban J connectivity index is 2.20. The molecule has 0 heterocycles. The minimum atomic E-state index is -0.591. The van der Waals surface area contributed by atoms with Crippen LogP contribution in [-0.2, 0) is 22.6 Å². The van der Waals surface area contributed by atoms with Crippen LogP contribution in [0.5, 0.6) is 5.75 Å². The number of hydrogen-bond donors (Lipinski definition) is 1. The molecular formula is C25H32BrClN2O3. The summed E-state index contributed by atoms with van der Waals surface area (Å²) in [6.45, 7) is 8.75. The van der Waals surface area contributed by atoms with Gasteiger partial charge in [0.05, 0.1) is 4.47 Å². The summed E-state index contributed by atoms with van der Waals surface area (Å²) in [6, 6.07) is 12.5. The van der Waals surface area contributed by atoms with Gasteiger partial charge < -0.3 is 15.0 Å². The molecule has 32 heavy (non-hydrogen) atoms. The number of amides is 2. The van der Waals surface area contributed by atoms with E-state index in [0.717, 1.165) is 16.5 Å². The molecule has 0 radical (unpaired) electrons. The number of nitrogens with zero attached hydrogens (tertiary/aromatic N) is 1. The Kier molecular flexibility index (Phi) is 10.5. The van der Waals surface area contributed by atoms with E-state index in [9.17, 15) is 9.59 Å². The average Bonchev–Trinajstić information content (AvgIpc) is 2.77. The molecule has 0 aromatic heterocycles. The third-order valence-electron chi connectivity index (χ3n) is 5.09. The lowest BCUT2D eigenvalue weighted by atomic mass is 10.1. The molecule has 0 aliphatic carbocycles. The molecule has 0 aliphatic rings. The third kappa shape index (κ3) is 7.82. The first-order chi connectivity index (χ1) is 15.2. The third-order valence-corrected chi connectivity index (χ3v) is 5.96. The molecular weight excluding hydrogens is 492 g/mol. The first-order valence-electron chi connectivity index (χ1n) is 11.0. The fraction of sp³-hybridized carbons (Fsp3) is 0.440. The Hall–Kier alpha value is -2.05. The molecule has 0 saturated carbocycles. The van der Waals surface area contributed by atoms with Gasteiger partial charge in [0.25, 0.3) is 5.91 Å². The standard InChI is InChI=1S/C25H32BrClN2O3/c1-5-18-9-12-23(21(26)13-18)32-16-24(30)29(15-19-7-10-20(27)11-8-19)22(6-2)25(31)28-14-17(3)4/h7-13,17,22H,5-6,14-16H2,1-4H3,(H,28,31)/t22-/m1/s1. The van der Waals surface area contributed by atoms with Crippen molar-refractivity contribution in [2.75, 3.05) is 13.2 Å². The van der Waals surface area contributed by atoms with Crippen LogP contribution >= 0.6 is 27.5 Å². The zero-order chi connectivity index (χ0) is 23.7. The topological polar surface area (TPSA) is 58.6 Å². The van der Waals surface area contributed by atoms with Crippen LogP contribution < -0.4 is 10.1 Å². The predicted octanol–water partition coefficient (Wildman–Crippen LogP) is 5.62. The molecule has 2 aromatic carbocycles. The Morgan fingerprint density at radius 3 is 2.31 bits per heavy atom. The molecule has 0 saturated heterocycles. The SMILES string of the molecule is CCc1ccc(OCC(=O)N(Cc2ccc(Cl)cc2)[C@H](CC)C(=O)NCC(C)C)c(Br)c1. The van der Waals surface area contributed by atoms with E-state index in [4.69, 9.17) is 16.3 Å².